The van der Waals surface area contributed by atoms with Crippen LogP contribution in [0.25, 0.3) is 11.0 Å². The normalized spacial score (nSPS) is 11.1. The molecule has 0 unspecified atom stereocenters. The van der Waals surface area contributed by atoms with E-state index >= 15 is 0 Å². The van der Waals surface area contributed by atoms with E-state index in [9.17, 15) is 4.79 Å². The minimum atomic E-state index is -0.244. The molecule has 6 nitrogen and oxygen atoms in total. The van der Waals surface area contributed by atoms with Crippen LogP contribution in [-0.4, -0.2) is 32.7 Å². The van der Waals surface area contributed by atoms with Crippen molar-refractivity contribution in [3.05, 3.63) is 53.1 Å². The molecule has 0 aliphatic carbocycles. The predicted octanol–water partition coefficient (Wildman–Crippen LogP) is 3.36. The van der Waals surface area contributed by atoms with Gasteiger partial charge in [-0.05, 0) is 62.4 Å². The van der Waals surface area contributed by atoms with Crippen molar-refractivity contribution in [1.82, 2.24) is 15.0 Å². The molecule has 2 aromatic carbocycles. The molecule has 0 saturated carbocycles. The number of hydrogen-bond acceptors (Lipinski definition) is 5. The highest BCUT2D eigenvalue weighted by atomic mass is 16.5. The molecule has 6 heteroatoms. The molecule has 0 fully saturated rings. The molecule has 0 amide bonds. The molecule has 3 rings (SSSR count). The van der Waals surface area contributed by atoms with E-state index in [2.05, 4.69) is 10.3 Å². The Bertz CT molecular complexity index is 916. The maximum absolute atomic E-state index is 12.1. The standard InChI is InChI=1S/C21H25N3O3/c1-15-5-9-18(10-6-15)27-20(26)12-8-17-7-11-19-21(16(17)2)22-23-24(19)13-3-4-14-25/h5-7,9-11,25H,3-4,8,12-14H2,1-2H3. The van der Waals surface area contributed by atoms with Gasteiger partial charge in [0.15, 0.2) is 0 Å². The fourth-order valence-electron chi connectivity index (χ4n) is 3.04. The van der Waals surface area contributed by atoms with Crippen molar-refractivity contribution in [2.75, 3.05) is 6.61 Å². The van der Waals surface area contributed by atoms with Crippen molar-refractivity contribution < 1.29 is 14.6 Å². The monoisotopic (exact) mass is 367 g/mol. The fraction of sp³-hybridized carbons (Fsp3) is 0.381. The van der Waals surface area contributed by atoms with Crippen LogP contribution in [0.5, 0.6) is 5.75 Å². The lowest BCUT2D eigenvalue weighted by molar-refractivity contribution is -0.134. The molecule has 0 aliphatic rings. The van der Waals surface area contributed by atoms with Crippen molar-refractivity contribution in [3.8, 4) is 5.75 Å². The van der Waals surface area contributed by atoms with Gasteiger partial charge in [0.25, 0.3) is 0 Å². The number of fused-ring (bicyclic) bond motifs is 1. The minimum Gasteiger partial charge on any atom is -0.427 e. The Balaban J connectivity index is 1.63. The van der Waals surface area contributed by atoms with Crippen LogP contribution in [0.4, 0.5) is 0 Å². The van der Waals surface area contributed by atoms with Gasteiger partial charge in [0.1, 0.15) is 11.3 Å². The van der Waals surface area contributed by atoms with Gasteiger partial charge in [-0.1, -0.05) is 29.0 Å². The smallest absolute Gasteiger partial charge is 0.311 e. The van der Waals surface area contributed by atoms with Crippen LogP contribution in [0.2, 0.25) is 0 Å². The van der Waals surface area contributed by atoms with Gasteiger partial charge in [0, 0.05) is 19.6 Å². The average molecular weight is 367 g/mol. The van der Waals surface area contributed by atoms with Crippen LogP contribution in [-0.2, 0) is 17.8 Å². The number of esters is 1. The number of ether oxygens (including phenoxy) is 1. The summed E-state index contributed by atoms with van der Waals surface area (Å²) in [5.41, 5.74) is 5.10. The van der Waals surface area contributed by atoms with E-state index in [1.807, 2.05) is 42.8 Å². The number of unbranched alkanes of at least 4 members (excludes halogenated alkanes) is 1. The van der Waals surface area contributed by atoms with Crippen LogP contribution < -0.4 is 4.74 Å². The molecule has 0 saturated heterocycles. The van der Waals surface area contributed by atoms with Crippen molar-refractivity contribution in [2.24, 2.45) is 0 Å². The van der Waals surface area contributed by atoms with E-state index < -0.39 is 0 Å². The molecule has 142 valence electrons. The lowest BCUT2D eigenvalue weighted by atomic mass is 10.0. The van der Waals surface area contributed by atoms with E-state index in [0.717, 1.165) is 47.1 Å². The Morgan fingerprint density at radius 3 is 2.63 bits per heavy atom. The summed E-state index contributed by atoms with van der Waals surface area (Å²) in [4.78, 5) is 12.1. The molecule has 1 heterocycles. The highest BCUT2D eigenvalue weighted by molar-refractivity contribution is 5.79. The molecule has 0 bridgehead atoms. The number of aliphatic hydroxyl groups is 1. The quantitative estimate of drug-likeness (QED) is 0.375. The number of aliphatic hydroxyl groups excluding tert-OH is 1. The Hall–Kier alpha value is -2.73. The Morgan fingerprint density at radius 2 is 1.89 bits per heavy atom. The van der Waals surface area contributed by atoms with Gasteiger partial charge in [-0.25, -0.2) is 4.68 Å². The van der Waals surface area contributed by atoms with Crippen LogP contribution in [0.15, 0.2) is 36.4 Å². The van der Waals surface area contributed by atoms with Crippen molar-refractivity contribution in [3.63, 3.8) is 0 Å². The third kappa shape index (κ3) is 4.71. The number of hydrogen-bond donors (Lipinski definition) is 1. The molecule has 1 N–H and O–H groups in total. The van der Waals surface area contributed by atoms with Crippen LogP contribution in [0.1, 0.15) is 36.0 Å². The molecule has 3 aromatic rings. The maximum Gasteiger partial charge on any atom is 0.311 e. The third-order valence-electron chi connectivity index (χ3n) is 4.68. The summed E-state index contributed by atoms with van der Waals surface area (Å²) in [6.45, 7) is 4.93. The number of nitrogens with zero attached hydrogens (tertiary/aromatic N) is 3. The zero-order valence-electron chi connectivity index (χ0n) is 15.8. The van der Waals surface area contributed by atoms with Crippen molar-refractivity contribution >= 4 is 17.0 Å². The first kappa shape index (κ1) is 19.0. The average Bonchev–Trinajstić information content (AvgIpc) is 3.07. The molecule has 0 aliphatic heterocycles. The summed E-state index contributed by atoms with van der Waals surface area (Å²) < 4.78 is 7.25. The summed E-state index contributed by atoms with van der Waals surface area (Å²) in [7, 11) is 0. The van der Waals surface area contributed by atoms with Gasteiger partial charge < -0.3 is 9.84 Å². The minimum absolute atomic E-state index is 0.189. The first-order chi connectivity index (χ1) is 13.1. The second kappa shape index (κ2) is 8.77. The lowest BCUT2D eigenvalue weighted by Gasteiger charge is -2.08. The van der Waals surface area contributed by atoms with E-state index in [-0.39, 0.29) is 12.6 Å². The van der Waals surface area contributed by atoms with Crippen LogP contribution in [0.3, 0.4) is 0 Å². The molecule has 0 spiro atoms. The Morgan fingerprint density at radius 1 is 1.11 bits per heavy atom. The number of aryl methyl sites for hydroxylation is 4. The zero-order chi connectivity index (χ0) is 19.2. The summed E-state index contributed by atoms with van der Waals surface area (Å²) in [5.74, 6) is 0.328. The van der Waals surface area contributed by atoms with E-state index in [4.69, 9.17) is 9.84 Å². The fourth-order valence-corrected chi connectivity index (χ4v) is 3.04. The van der Waals surface area contributed by atoms with Crippen molar-refractivity contribution in [2.45, 2.75) is 46.1 Å². The first-order valence-corrected chi connectivity index (χ1v) is 9.28. The summed E-state index contributed by atoms with van der Waals surface area (Å²) in [6, 6.07) is 11.5. The number of benzene rings is 2. The number of carbonyl (C=O) groups excluding carboxylic acids is 1. The molecular weight excluding hydrogens is 342 g/mol. The van der Waals surface area contributed by atoms with E-state index in [1.165, 1.54) is 0 Å². The second-order valence-electron chi connectivity index (χ2n) is 6.75. The SMILES string of the molecule is Cc1ccc(OC(=O)CCc2ccc3c(nnn3CCCCO)c2C)cc1. The first-order valence-electron chi connectivity index (χ1n) is 9.28. The topological polar surface area (TPSA) is 77.2 Å². The molecular formula is C21H25N3O3. The second-order valence-corrected chi connectivity index (χ2v) is 6.75. The number of aromatic nitrogens is 3. The lowest BCUT2D eigenvalue weighted by Crippen LogP contribution is -2.09. The zero-order valence-corrected chi connectivity index (χ0v) is 15.8. The van der Waals surface area contributed by atoms with E-state index in [1.54, 1.807) is 12.1 Å². The van der Waals surface area contributed by atoms with Gasteiger partial charge in [-0.3, -0.25) is 4.79 Å². The Kier molecular flexibility index (Phi) is 6.19. The summed E-state index contributed by atoms with van der Waals surface area (Å²) in [5, 5.41) is 17.4. The van der Waals surface area contributed by atoms with Gasteiger partial charge >= 0.3 is 5.97 Å². The highest BCUT2D eigenvalue weighted by Gasteiger charge is 2.12. The largest absolute Gasteiger partial charge is 0.427 e. The highest BCUT2D eigenvalue weighted by Crippen LogP contribution is 2.22. The van der Waals surface area contributed by atoms with Gasteiger partial charge in [0.05, 0.1) is 5.52 Å². The number of carbonyl (C=O) groups is 1. The maximum atomic E-state index is 12.1. The number of rotatable bonds is 8. The summed E-state index contributed by atoms with van der Waals surface area (Å²) >= 11 is 0. The molecule has 27 heavy (non-hydrogen) atoms. The third-order valence-corrected chi connectivity index (χ3v) is 4.68. The van der Waals surface area contributed by atoms with Crippen LogP contribution >= 0.6 is 0 Å². The molecule has 0 atom stereocenters. The molecule has 0 radical (unpaired) electrons. The van der Waals surface area contributed by atoms with Gasteiger partial charge in [-0.2, -0.15) is 0 Å². The van der Waals surface area contributed by atoms with E-state index in [0.29, 0.717) is 18.6 Å². The summed E-state index contributed by atoms with van der Waals surface area (Å²) in [6.07, 6.45) is 2.52. The van der Waals surface area contributed by atoms with Crippen molar-refractivity contribution in [1.29, 1.82) is 0 Å². The molecule has 1 aromatic heterocycles. The Labute approximate surface area is 158 Å². The van der Waals surface area contributed by atoms with Crippen LogP contribution in [0, 0.1) is 13.8 Å². The van der Waals surface area contributed by atoms with Gasteiger partial charge in [-0.15, -0.1) is 5.10 Å². The predicted molar refractivity (Wildman–Crippen MR) is 104 cm³/mol. The van der Waals surface area contributed by atoms with Gasteiger partial charge in [0.2, 0.25) is 0 Å².